The van der Waals surface area contributed by atoms with Crippen LogP contribution in [-0.4, -0.2) is 42.4 Å². The van der Waals surface area contributed by atoms with E-state index >= 15 is 0 Å². The number of anilines is 2. The molecule has 0 saturated carbocycles. The molecule has 2 aromatic rings. The van der Waals surface area contributed by atoms with Crippen LogP contribution in [0.2, 0.25) is 0 Å². The molecule has 3 heterocycles. The summed E-state index contributed by atoms with van der Waals surface area (Å²) in [5.74, 6) is 2.71. The summed E-state index contributed by atoms with van der Waals surface area (Å²) in [7, 11) is 3.85. The third-order valence-electron chi connectivity index (χ3n) is 4.27. The lowest BCUT2D eigenvalue weighted by Gasteiger charge is -2.20. The van der Waals surface area contributed by atoms with Gasteiger partial charge in [-0.3, -0.25) is 0 Å². The van der Waals surface area contributed by atoms with Crippen molar-refractivity contribution in [3.05, 3.63) is 28.8 Å². The molecule has 1 saturated heterocycles. The van der Waals surface area contributed by atoms with Gasteiger partial charge in [-0.2, -0.15) is 4.98 Å². The normalized spacial score (nSPS) is 17.5. The van der Waals surface area contributed by atoms with Crippen LogP contribution in [0.5, 0.6) is 0 Å². The summed E-state index contributed by atoms with van der Waals surface area (Å²) in [6.07, 6.45) is 1.01. The van der Waals surface area contributed by atoms with Crippen molar-refractivity contribution in [2.45, 2.75) is 32.7 Å². The number of ether oxygens (including phenoxy) is 1. The highest BCUT2D eigenvalue weighted by Crippen LogP contribution is 2.27. The summed E-state index contributed by atoms with van der Waals surface area (Å²) in [5.41, 5.74) is 3.05. The van der Waals surface area contributed by atoms with Crippen molar-refractivity contribution >= 4 is 11.8 Å². The van der Waals surface area contributed by atoms with Crippen molar-refractivity contribution in [3.63, 3.8) is 0 Å². The molecule has 0 spiro atoms. The molecular weight excluding hydrogens is 294 g/mol. The van der Waals surface area contributed by atoms with E-state index in [1.807, 2.05) is 27.9 Å². The molecule has 2 aromatic heterocycles. The minimum absolute atomic E-state index is 0.344. The second-order valence-corrected chi connectivity index (χ2v) is 5.94. The molecule has 1 N–H and O–H groups in total. The summed E-state index contributed by atoms with van der Waals surface area (Å²) in [6, 6.07) is 2.05. The van der Waals surface area contributed by atoms with Gasteiger partial charge < -0.3 is 19.5 Å². The Hall–Kier alpha value is -2.15. The van der Waals surface area contributed by atoms with E-state index in [-0.39, 0.29) is 0 Å². The van der Waals surface area contributed by atoms with Crippen LogP contribution in [0.4, 0.5) is 11.8 Å². The lowest BCUT2D eigenvalue weighted by Crippen LogP contribution is -2.20. The summed E-state index contributed by atoms with van der Waals surface area (Å²) in [4.78, 5) is 11.3. The van der Waals surface area contributed by atoms with E-state index in [4.69, 9.17) is 9.26 Å². The molecule has 1 aliphatic heterocycles. The Morgan fingerprint density at radius 2 is 2.17 bits per heavy atom. The lowest BCUT2D eigenvalue weighted by molar-refractivity contribution is 0.193. The van der Waals surface area contributed by atoms with Crippen LogP contribution in [0.25, 0.3) is 0 Å². The van der Waals surface area contributed by atoms with E-state index in [1.165, 1.54) is 0 Å². The second-order valence-electron chi connectivity index (χ2n) is 5.94. The SMILES string of the molecule is CNc1nc([C@H]2CCOC2)cc(N(C)Cc2c(C)noc2C)n1. The average Bonchev–Trinajstić information content (AvgIpc) is 3.20. The first-order valence-electron chi connectivity index (χ1n) is 7.86. The maximum Gasteiger partial charge on any atom is 0.224 e. The Morgan fingerprint density at radius 3 is 2.78 bits per heavy atom. The first-order valence-corrected chi connectivity index (χ1v) is 7.86. The largest absolute Gasteiger partial charge is 0.381 e. The number of hydrogen-bond acceptors (Lipinski definition) is 7. The van der Waals surface area contributed by atoms with E-state index in [0.717, 1.165) is 48.2 Å². The third kappa shape index (κ3) is 3.29. The highest BCUT2D eigenvalue weighted by molar-refractivity contribution is 5.46. The molecule has 124 valence electrons. The van der Waals surface area contributed by atoms with Crippen molar-refractivity contribution in [1.82, 2.24) is 15.1 Å². The Labute approximate surface area is 136 Å². The molecular formula is C16H23N5O2. The second kappa shape index (κ2) is 6.54. The molecule has 0 aliphatic carbocycles. The molecule has 0 amide bonds. The first-order chi connectivity index (χ1) is 11.1. The van der Waals surface area contributed by atoms with Gasteiger partial charge in [0.1, 0.15) is 11.6 Å². The van der Waals surface area contributed by atoms with Gasteiger partial charge in [-0.25, -0.2) is 4.98 Å². The van der Waals surface area contributed by atoms with Crippen molar-refractivity contribution in [3.8, 4) is 0 Å². The Balaban J connectivity index is 1.87. The summed E-state index contributed by atoms with van der Waals surface area (Å²) >= 11 is 0. The van der Waals surface area contributed by atoms with Crippen LogP contribution >= 0.6 is 0 Å². The molecule has 23 heavy (non-hydrogen) atoms. The Kier molecular flexibility index (Phi) is 4.47. The monoisotopic (exact) mass is 317 g/mol. The zero-order valence-electron chi connectivity index (χ0n) is 14.1. The fraction of sp³-hybridized carbons (Fsp3) is 0.562. The molecule has 1 aliphatic rings. The maximum absolute atomic E-state index is 5.49. The molecule has 0 unspecified atom stereocenters. The molecule has 0 aromatic carbocycles. The fourth-order valence-corrected chi connectivity index (χ4v) is 2.78. The van der Waals surface area contributed by atoms with Crippen molar-refractivity contribution in [2.75, 3.05) is 37.5 Å². The summed E-state index contributed by atoms with van der Waals surface area (Å²) in [6.45, 7) is 6.12. The van der Waals surface area contributed by atoms with Crippen LogP contribution in [0.3, 0.4) is 0 Å². The number of aromatic nitrogens is 3. The minimum atomic E-state index is 0.344. The van der Waals surface area contributed by atoms with Crippen molar-refractivity contribution < 1.29 is 9.26 Å². The number of nitrogens with one attached hydrogen (secondary N) is 1. The number of nitrogens with zero attached hydrogens (tertiary/aromatic N) is 4. The van der Waals surface area contributed by atoms with E-state index in [9.17, 15) is 0 Å². The predicted molar refractivity (Wildman–Crippen MR) is 87.8 cm³/mol. The smallest absolute Gasteiger partial charge is 0.224 e. The molecule has 1 fully saturated rings. The van der Waals surface area contributed by atoms with Gasteiger partial charge >= 0.3 is 0 Å². The van der Waals surface area contributed by atoms with Crippen molar-refractivity contribution in [1.29, 1.82) is 0 Å². The molecule has 3 rings (SSSR count). The van der Waals surface area contributed by atoms with Gasteiger partial charge in [0.05, 0.1) is 18.0 Å². The van der Waals surface area contributed by atoms with Gasteiger partial charge in [0.2, 0.25) is 5.95 Å². The number of aryl methyl sites for hydroxylation is 2. The standard InChI is InChI=1S/C16H23N5O2/c1-10-13(11(2)23-20-10)8-21(4)15-7-14(12-5-6-22-9-12)18-16(17-3)19-15/h7,12H,5-6,8-9H2,1-4H3,(H,17,18,19)/t12-/m0/s1. The van der Waals surface area contributed by atoms with Crippen LogP contribution < -0.4 is 10.2 Å². The Bertz CT molecular complexity index is 660. The minimum Gasteiger partial charge on any atom is -0.381 e. The summed E-state index contributed by atoms with van der Waals surface area (Å²) in [5, 5.41) is 7.06. The van der Waals surface area contributed by atoms with E-state index in [2.05, 4.69) is 31.4 Å². The quantitative estimate of drug-likeness (QED) is 0.906. The third-order valence-corrected chi connectivity index (χ3v) is 4.27. The summed E-state index contributed by atoms with van der Waals surface area (Å²) < 4.78 is 10.7. The van der Waals surface area contributed by atoms with Crippen molar-refractivity contribution in [2.24, 2.45) is 0 Å². The van der Waals surface area contributed by atoms with Gasteiger partial charge in [-0.1, -0.05) is 5.16 Å². The van der Waals surface area contributed by atoms with Gasteiger partial charge in [0, 0.05) is 44.8 Å². The first kappa shape index (κ1) is 15.7. The number of rotatable bonds is 5. The fourth-order valence-electron chi connectivity index (χ4n) is 2.78. The Morgan fingerprint density at radius 1 is 1.35 bits per heavy atom. The zero-order valence-corrected chi connectivity index (χ0v) is 14.1. The lowest BCUT2D eigenvalue weighted by atomic mass is 10.0. The molecule has 0 bridgehead atoms. The van der Waals surface area contributed by atoms with E-state index in [0.29, 0.717) is 18.4 Å². The predicted octanol–water partition coefficient (Wildman–Crippen LogP) is 2.26. The number of hydrogen-bond donors (Lipinski definition) is 1. The van der Waals surface area contributed by atoms with Crippen LogP contribution in [0.15, 0.2) is 10.6 Å². The highest BCUT2D eigenvalue weighted by atomic mass is 16.5. The van der Waals surface area contributed by atoms with Gasteiger partial charge in [-0.15, -0.1) is 0 Å². The molecule has 1 atom stereocenters. The molecule has 0 radical (unpaired) electrons. The van der Waals surface area contributed by atoms with Gasteiger partial charge in [-0.05, 0) is 20.3 Å². The zero-order chi connectivity index (χ0) is 16.4. The highest BCUT2D eigenvalue weighted by Gasteiger charge is 2.22. The van der Waals surface area contributed by atoms with Crippen LogP contribution in [0.1, 0.15) is 35.1 Å². The molecule has 7 heteroatoms. The maximum atomic E-state index is 5.49. The average molecular weight is 317 g/mol. The molecule has 7 nitrogen and oxygen atoms in total. The van der Waals surface area contributed by atoms with E-state index in [1.54, 1.807) is 0 Å². The topological polar surface area (TPSA) is 76.3 Å². The van der Waals surface area contributed by atoms with Crippen LogP contribution in [0, 0.1) is 13.8 Å². The van der Waals surface area contributed by atoms with E-state index < -0.39 is 0 Å². The van der Waals surface area contributed by atoms with Crippen LogP contribution in [-0.2, 0) is 11.3 Å². The van der Waals surface area contributed by atoms with Gasteiger partial charge in [0.15, 0.2) is 0 Å². The van der Waals surface area contributed by atoms with Gasteiger partial charge in [0.25, 0.3) is 0 Å².